The zero-order valence-electron chi connectivity index (χ0n) is 14.5. The van der Waals surface area contributed by atoms with E-state index in [9.17, 15) is 0 Å². The number of hydrogen-bond donors (Lipinski definition) is 2. The van der Waals surface area contributed by atoms with E-state index in [0.29, 0.717) is 6.54 Å². The van der Waals surface area contributed by atoms with Crippen LogP contribution < -0.4 is 10.6 Å². The van der Waals surface area contributed by atoms with Crippen LogP contribution in [-0.4, -0.2) is 28.8 Å². The van der Waals surface area contributed by atoms with Gasteiger partial charge in [-0.25, -0.2) is 4.99 Å². The molecule has 2 rings (SSSR count). The number of rotatable bonds is 6. The third kappa shape index (κ3) is 6.17. The van der Waals surface area contributed by atoms with Gasteiger partial charge in [0, 0.05) is 36.3 Å². The van der Waals surface area contributed by atoms with E-state index in [1.54, 1.807) is 0 Å². The van der Waals surface area contributed by atoms with Crippen LogP contribution in [0.5, 0.6) is 0 Å². The summed E-state index contributed by atoms with van der Waals surface area (Å²) in [5.41, 5.74) is 3.44. The summed E-state index contributed by atoms with van der Waals surface area (Å²) in [4.78, 5) is 6.10. The van der Waals surface area contributed by atoms with Gasteiger partial charge in [0.1, 0.15) is 0 Å². The maximum absolute atomic E-state index is 4.70. The molecular formula is C16H25I2N5S. The van der Waals surface area contributed by atoms with E-state index < -0.39 is 0 Å². The Balaban J connectivity index is 0.00000288. The Morgan fingerprint density at radius 3 is 2.62 bits per heavy atom. The lowest BCUT2D eigenvalue weighted by molar-refractivity contribution is 0.730. The highest BCUT2D eigenvalue weighted by Crippen LogP contribution is 2.18. The van der Waals surface area contributed by atoms with Crippen molar-refractivity contribution in [2.75, 3.05) is 13.1 Å². The normalized spacial score (nSPS) is 11.3. The Hall–Kier alpha value is -0.360. The standard InChI is InChI=1S/C16H24IN5S.HI/c1-5-18-16(19-9-8-13-6-7-15(17)23-13)20-10-14-11(2)21-22(4)12(14)3;/h6-7H,5,8-10H2,1-4H3,(H2,18,19,20);1H. The fourth-order valence-electron chi connectivity index (χ4n) is 2.34. The van der Waals surface area contributed by atoms with E-state index in [-0.39, 0.29) is 24.0 Å². The second kappa shape index (κ2) is 10.6. The number of aromatic nitrogens is 2. The molecule has 0 aromatic carbocycles. The smallest absolute Gasteiger partial charge is 0.191 e. The molecule has 0 spiro atoms. The molecule has 0 saturated heterocycles. The van der Waals surface area contributed by atoms with E-state index in [4.69, 9.17) is 4.99 Å². The van der Waals surface area contributed by atoms with Gasteiger partial charge in [0.2, 0.25) is 0 Å². The topological polar surface area (TPSA) is 54.2 Å². The predicted molar refractivity (Wildman–Crippen MR) is 122 cm³/mol. The van der Waals surface area contributed by atoms with Crippen LogP contribution >= 0.6 is 57.9 Å². The summed E-state index contributed by atoms with van der Waals surface area (Å²) < 4.78 is 3.25. The molecule has 2 heterocycles. The van der Waals surface area contributed by atoms with Crippen LogP contribution in [0.15, 0.2) is 17.1 Å². The van der Waals surface area contributed by atoms with Crippen molar-refractivity contribution < 1.29 is 0 Å². The zero-order valence-corrected chi connectivity index (χ0v) is 19.8. The summed E-state index contributed by atoms with van der Waals surface area (Å²) in [7, 11) is 1.97. The maximum Gasteiger partial charge on any atom is 0.191 e. The van der Waals surface area contributed by atoms with Gasteiger partial charge in [-0.15, -0.1) is 35.3 Å². The average molecular weight is 573 g/mol. The molecule has 2 aromatic heterocycles. The highest BCUT2D eigenvalue weighted by atomic mass is 127. The number of nitrogens with zero attached hydrogens (tertiary/aromatic N) is 3. The molecule has 0 amide bonds. The van der Waals surface area contributed by atoms with Crippen LogP contribution in [0.4, 0.5) is 0 Å². The second-order valence-electron chi connectivity index (χ2n) is 5.35. The van der Waals surface area contributed by atoms with Crippen LogP contribution in [0.1, 0.15) is 28.8 Å². The summed E-state index contributed by atoms with van der Waals surface area (Å²) in [6, 6.07) is 4.36. The Kier molecular flexibility index (Phi) is 9.57. The second-order valence-corrected chi connectivity index (χ2v) is 8.41. The van der Waals surface area contributed by atoms with Crippen molar-refractivity contribution in [1.29, 1.82) is 0 Å². The highest BCUT2D eigenvalue weighted by molar-refractivity contribution is 14.1. The van der Waals surface area contributed by atoms with Gasteiger partial charge in [-0.1, -0.05) is 0 Å². The minimum atomic E-state index is 0. The lowest BCUT2D eigenvalue weighted by Gasteiger charge is -2.11. The summed E-state index contributed by atoms with van der Waals surface area (Å²) in [5, 5.41) is 11.2. The van der Waals surface area contributed by atoms with E-state index in [0.717, 1.165) is 31.2 Å². The van der Waals surface area contributed by atoms with Crippen molar-refractivity contribution in [2.45, 2.75) is 33.7 Å². The van der Waals surface area contributed by atoms with Gasteiger partial charge in [0.15, 0.2) is 5.96 Å². The van der Waals surface area contributed by atoms with Gasteiger partial charge in [-0.3, -0.25) is 4.68 Å². The minimum Gasteiger partial charge on any atom is -0.357 e. The number of aryl methyl sites for hydroxylation is 2. The number of guanidine groups is 1. The molecule has 0 radical (unpaired) electrons. The van der Waals surface area contributed by atoms with E-state index in [1.165, 1.54) is 19.0 Å². The van der Waals surface area contributed by atoms with Gasteiger partial charge >= 0.3 is 0 Å². The number of aliphatic imine (C=N–C) groups is 1. The highest BCUT2D eigenvalue weighted by Gasteiger charge is 2.09. The van der Waals surface area contributed by atoms with Crippen molar-refractivity contribution in [3.8, 4) is 0 Å². The van der Waals surface area contributed by atoms with Crippen LogP contribution in [0.25, 0.3) is 0 Å². The van der Waals surface area contributed by atoms with Gasteiger partial charge in [-0.2, -0.15) is 5.10 Å². The first-order valence-electron chi connectivity index (χ1n) is 7.76. The molecule has 0 aliphatic heterocycles. The quantitative estimate of drug-likeness (QED) is 0.316. The van der Waals surface area contributed by atoms with Crippen LogP contribution in [0.2, 0.25) is 0 Å². The van der Waals surface area contributed by atoms with E-state index in [1.807, 2.05) is 30.0 Å². The molecule has 134 valence electrons. The third-order valence-electron chi connectivity index (χ3n) is 3.69. The van der Waals surface area contributed by atoms with Crippen molar-refractivity contribution in [2.24, 2.45) is 12.0 Å². The SMILES string of the molecule is CCNC(=NCc1c(C)nn(C)c1C)NCCc1ccc(I)s1.I. The molecule has 0 aliphatic carbocycles. The lowest BCUT2D eigenvalue weighted by atomic mass is 10.2. The fraction of sp³-hybridized carbons (Fsp3) is 0.500. The lowest BCUT2D eigenvalue weighted by Crippen LogP contribution is -2.38. The first-order valence-corrected chi connectivity index (χ1v) is 9.66. The first kappa shape index (κ1) is 21.7. The number of thiophene rings is 1. The Morgan fingerprint density at radius 2 is 2.08 bits per heavy atom. The zero-order chi connectivity index (χ0) is 16.8. The molecule has 0 bridgehead atoms. The molecule has 0 unspecified atom stereocenters. The van der Waals surface area contributed by atoms with Crippen molar-refractivity contribution in [1.82, 2.24) is 20.4 Å². The minimum absolute atomic E-state index is 0. The van der Waals surface area contributed by atoms with Crippen molar-refractivity contribution >= 4 is 63.9 Å². The molecule has 0 saturated carbocycles. The van der Waals surface area contributed by atoms with Crippen molar-refractivity contribution in [3.05, 3.63) is 36.8 Å². The average Bonchev–Trinajstić information content (AvgIpc) is 3.01. The summed E-state index contributed by atoms with van der Waals surface area (Å²) in [5.74, 6) is 0.862. The third-order valence-corrected chi connectivity index (χ3v) is 5.64. The molecule has 8 heteroatoms. The summed E-state index contributed by atoms with van der Waals surface area (Å²) in [6.07, 6.45) is 1.02. The molecule has 2 N–H and O–H groups in total. The summed E-state index contributed by atoms with van der Waals surface area (Å²) in [6.45, 7) is 8.60. The Bertz CT molecular complexity index is 678. The van der Waals surface area contributed by atoms with Gasteiger partial charge in [-0.05, 0) is 61.9 Å². The predicted octanol–water partition coefficient (Wildman–Crippen LogP) is 3.62. The van der Waals surface area contributed by atoms with E-state index in [2.05, 4.69) is 64.3 Å². The van der Waals surface area contributed by atoms with Gasteiger partial charge < -0.3 is 10.6 Å². The fourth-order valence-corrected chi connectivity index (χ4v) is 4.09. The van der Waals surface area contributed by atoms with Gasteiger partial charge in [0.05, 0.1) is 15.1 Å². The maximum atomic E-state index is 4.70. The molecule has 5 nitrogen and oxygen atoms in total. The molecule has 24 heavy (non-hydrogen) atoms. The van der Waals surface area contributed by atoms with Crippen LogP contribution in [0, 0.1) is 16.7 Å². The van der Waals surface area contributed by atoms with Crippen LogP contribution in [0.3, 0.4) is 0 Å². The van der Waals surface area contributed by atoms with Crippen LogP contribution in [-0.2, 0) is 20.0 Å². The van der Waals surface area contributed by atoms with E-state index >= 15 is 0 Å². The number of hydrogen-bond acceptors (Lipinski definition) is 3. The molecule has 0 atom stereocenters. The number of nitrogens with one attached hydrogen (secondary N) is 2. The first-order chi connectivity index (χ1) is 11.0. The molecule has 0 fully saturated rings. The monoisotopic (exact) mass is 573 g/mol. The van der Waals surface area contributed by atoms with Gasteiger partial charge in [0.25, 0.3) is 0 Å². The largest absolute Gasteiger partial charge is 0.357 e. The molecule has 0 aliphatic rings. The summed E-state index contributed by atoms with van der Waals surface area (Å²) >= 11 is 4.21. The Labute approximate surface area is 178 Å². The molecular weight excluding hydrogens is 548 g/mol. The Morgan fingerprint density at radius 1 is 1.33 bits per heavy atom. The number of halogens is 2. The molecule has 2 aromatic rings. The van der Waals surface area contributed by atoms with Crippen molar-refractivity contribution in [3.63, 3.8) is 0 Å².